The van der Waals surface area contributed by atoms with Gasteiger partial charge in [-0.2, -0.15) is 4.98 Å². The summed E-state index contributed by atoms with van der Waals surface area (Å²) in [6, 6.07) is 7.45. The molecule has 0 aliphatic rings. The van der Waals surface area contributed by atoms with Gasteiger partial charge in [0.1, 0.15) is 5.75 Å². The number of benzene rings is 1. The predicted octanol–water partition coefficient (Wildman–Crippen LogP) is 1.70. The van der Waals surface area contributed by atoms with Crippen molar-refractivity contribution in [1.82, 2.24) is 10.1 Å². The van der Waals surface area contributed by atoms with Gasteiger partial charge in [0.2, 0.25) is 0 Å². The van der Waals surface area contributed by atoms with E-state index in [2.05, 4.69) is 15.5 Å². The maximum absolute atomic E-state index is 9.49. The van der Waals surface area contributed by atoms with Crippen LogP contribution in [-0.4, -0.2) is 15.2 Å². The minimum atomic E-state index is 0.251. The maximum Gasteiger partial charge on any atom is 0.321 e. The van der Waals surface area contributed by atoms with Crippen LogP contribution in [0.25, 0.3) is 0 Å². The lowest BCUT2D eigenvalue weighted by molar-refractivity contribution is 0.424. The summed E-state index contributed by atoms with van der Waals surface area (Å²) in [5.74, 6) is 0.830. The second-order valence-electron chi connectivity index (χ2n) is 3.13. The smallest absolute Gasteiger partial charge is 0.321 e. The number of rotatable bonds is 3. The molecule has 1 aromatic carbocycles. The van der Waals surface area contributed by atoms with Crippen LogP contribution < -0.4 is 5.32 Å². The van der Waals surface area contributed by atoms with Crippen LogP contribution in [0.5, 0.6) is 5.75 Å². The fraction of sp³-hybridized carbons (Fsp3) is 0.200. The zero-order chi connectivity index (χ0) is 10.7. The predicted molar refractivity (Wildman–Crippen MR) is 54.5 cm³/mol. The summed E-state index contributed by atoms with van der Waals surface area (Å²) in [4.78, 5) is 3.98. The molecule has 0 spiro atoms. The van der Waals surface area contributed by atoms with Crippen LogP contribution >= 0.6 is 0 Å². The molecule has 5 heteroatoms. The van der Waals surface area contributed by atoms with Crippen LogP contribution in [0.2, 0.25) is 0 Å². The first-order valence-electron chi connectivity index (χ1n) is 4.57. The highest BCUT2D eigenvalue weighted by atomic mass is 16.5. The normalized spacial score (nSPS) is 10.2. The van der Waals surface area contributed by atoms with Gasteiger partial charge in [-0.1, -0.05) is 23.4 Å². The van der Waals surface area contributed by atoms with Crippen LogP contribution in [0.3, 0.4) is 0 Å². The molecular formula is C10H11N3O2. The van der Waals surface area contributed by atoms with Crippen LogP contribution in [0.15, 0.2) is 28.8 Å². The molecule has 0 fully saturated rings. The lowest BCUT2D eigenvalue weighted by Gasteiger charge is -2.03. The summed E-state index contributed by atoms with van der Waals surface area (Å²) in [6.07, 6.45) is 0. The molecule has 15 heavy (non-hydrogen) atoms. The number of hydrogen-bond acceptors (Lipinski definition) is 5. The van der Waals surface area contributed by atoms with Gasteiger partial charge in [-0.05, 0) is 13.0 Å². The zero-order valence-electron chi connectivity index (χ0n) is 8.27. The van der Waals surface area contributed by atoms with E-state index in [0.717, 1.165) is 5.56 Å². The highest BCUT2D eigenvalue weighted by Gasteiger charge is 2.03. The molecule has 0 radical (unpaired) electrons. The summed E-state index contributed by atoms with van der Waals surface area (Å²) in [7, 11) is 0. The van der Waals surface area contributed by atoms with E-state index in [9.17, 15) is 5.11 Å². The Morgan fingerprint density at radius 2 is 2.20 bits per heavy atom. The number of aromatic nitrogens is 2. The Morgan fingerprint density at radius 3 is 2.87 bits per heavy atom. The number of aromatic hydroxyl groups is 1. The molecular weight excluding hydrogens is 194 g/mol. The molecule has 1 heterocycles. The molecule has 0 saturated heterocycles. The number of nitrogens with one attached hydrogen (secondary N) is 1. The summed E-state index contributed by atoms with van der Waals surface area (Å²) in [5, 5.41) is 16.0. The quantitative estimate of drug-likeness (QED) is 0.797. The van der Waals surface area contributed by atoms with Gasteiger partial charge in [0.15, 0.2) is 5.82 Å². The molecule has 0 saturated carbocycles. The molecule has 0 aliphatic heterocycles. The van der Waals surface area contributed by atoms with Crippen molar-refractivity contribution < 1.29 is 9.63 Å². The molecule has 2 rings (SSSR count). The van der Waals surface area contributed by atoms with Crippen molar-refractivity contribution >= 4 is 6.01 Å². The van der Waals surface area contributed by atoms with E-state index in [0.29, 0.717) is 18.4 Å². The van der Waals surface area contributed by atoms with Crippen molar-refractivity contribution in [3.05, 3.63) is 35.7 Å². The first-order chi connectivity index (χ1) is 7.25. The maximum atomic E-state index is 9.49. The topological polar surface area (TPSA) is 71.2 Å². The second-order valence-corrected chi connectivity index (χ2v) is 3.13. The van der Waals surface area contributed by atoms with Crippen molar-refractivity contribution in [2.24, 2.45) is 0 Å². The van der Waals surface area contributed by atoms with Gasteiger partial charge < -0.3 is 14.9 Å². The third-order valence-corrected chi connectivity index (χ3v) is 1.95. The van der Waals surface area contributed by atoms with Crippen LogP contribution in [0.4, 0.5) is 6.01 Å². The van der Waals surface area contributed by atoms with Crippen LogP contribution in [-0.2, 0) is 6.54 Å². The molecule has 2 aromatic rings. The summed E-state index contributed by atoms with van der Waals surface area (Å²) in [6.45, 7) is 2.20. The fourth-order valence-corrected chi connectivity index (χ4v) is 1.20. The van der Waals surface area contributed by atoms with Gasteiger partial charge in [0.25, 0.3) is 0 Å². The van der Waals surface area contributed by atoms with Crippen LogP contribution in [0, 0.1) is 6.92 Å². The Labute approximate surface area is 86.7 Å². The van der Waals surface area contributed by atoms with E-state index in [1.165, 1.54) is 0 Å². The van der Waals surface area contributed by atoms with E-state index in [1.807, 2.05) is 12.1 Å². The lowest BCUT2D eigenvalue weighted by Crippen LogP contribution is -1.99. The first-order valence-corrected chi connectivity index (χ1v) is 4.57. The third-order valence-electron chi connectivity index (χ3n) is 1.95. The van der Waals surface area contributed by atoms with E-state index in [4.69, 9.17) is 4.52 Å². The average Bonchev–Trinajstić information content (AvgIpc) is 2.63. The SMILES string of the molecule is Cc1noc(NCc2ccccc2O)n1. The highest BCUT2D eigenvalue weighted by Crippen LogP contribution is 2.16. The van der Waals surface area contributed by atoms with Crippen molar-refractivity contribution in [2.45, 2.75) is 13.5 Å². The number of nitrogens with zero attached hydrogens (tertiary/aromatic N) is 2. The number of phenols is 1. The van der Waals surface area contributed by atoms with Gasteiger partial charge in [-0.25, -0.2) is 0 Å². The Morgan fingerprint density at radius 1 is 1.40 bits per heavy atom. The first kappa shape index (κ1) is 9.51. The van der Waals surface area contributed by atoms with E-state index < -0.39 is 0 Å². The van der Waals surface area contributed by atoms with Gasteiger partial charge >= 0.3 is 6.01 Å². The minimum Gasteiger partial charge on any atom is -0.508 e. The van der Waals surface area contributed by atoms with E-state index in [1.54, 1.807) is 19.1 Å². The largest absolute Gasteiger partial charge is 0.508 e. The average molecular weight is 205 g/mol. The molecule has 2 N–H and O–H groups in total. The van der Waals surface area contributed by atoms with Gasteiger partial charge in [-0.15, -0.1) is 0 Å². The standard InChI is InChI=1S/C10H11N3O2/c1-7-12-10(15-13-7)11-6-8-4-2-3-5-9(8)14/h2-5,14H,6H2,1H3,(H,11,12,13). The molecule has 0 bridgehead atoms. The van der Waals surface area contributed by atoms with Crippen molar-refractivity contribution in [3.8, 4) is 5.75 Å². The second kappa shape index (κ2) is 4.00. The Hall–Kier alpha value is -2.04. The van der Waals surface area contributed by atoms with Crippen molar-refractivity contribution in [2.75, 3.05) is 5.32 Å². The molecule has 0 amide bonds. The Kier molecular flexibility index (Phi) is 2.53. The van der Waals surface area contributed by atoms with E-state index >= 15 is 0 Å². The van der Waals surface area contributed by atoms with Gasteiger partial charge in [0, 0.05) is 12.1 Å². The summed E-state index contributed by atoms with van der Waals surface area (Å²) < 4.78 is 4.87. The Balaban J connectivity index is 2.02. The monoisotopic (exact) mass is 205 g/mol. The number of aryl methyl sites for hydroxylation is 1. The highest BCUT2D eigenvalue weighted by molar-refractivity contribution is 5.34. The number of hydrogen-bond donors (Lipinski definition) is 2. The van der Waals surface area contributed by atoms with E-state index in [-0.39, 0.29) is 5.75 Å². The molecule has 0 aliphatic carbocycles. The molecule has 0 atom stereocenters. The molecule has 0 unspecified atom stereocenters. The number of anilines is 1. The summed E-state index contributed by atoms with van der Waals surface area (Å²) in [5.41, 5.74) is 0.786. The van der Waals surface area contributed by atoms with Crippen LogP contribution in [0.1, 0.15) is 11.4 Å². The van der Waals surface area contributed by atoms with Gasteiger partial charge in [0.05, 0.1) is 0 Å². The zero-order valence-corrected chi connectivity index (χ0v) is 8.27. The van der Waals surface area contributed by atoms with Gasteiger partial charge in [-0.3, -0.25) is 0 Å². The molecule has 5 nitrogen and oxygen atoms in total. The third kappa shape index (κ3) is 2.25. The number of phenolic OH excluding ortho intramolecular Hbond substituents is 1. The molecule has 1 aromatic heterocycles. The fourth-order valence-electron chi connectivity index (χ4n) is 1.20. The number of para-hydroxylation sites is 1. The van der Waals surface area contributed by atoms with Crippen molar-refractivity contribution in [1.29, 1.82) is 0 Å². The van der Waals surface area contributed by atoms with Crippen molar-refractivity contribution in [3.63, 3.8) is 0 Å². The minimum absolute atomic E-state index is 0.251. The molecule has 78 valence electrons. The summed E-state index contributed by atoms with van der Waals surface area (Å²) >= 11 is 0. The Bertz CT molecular complexity index is 453. The lowest BCUT2D eigenvalue weighted by atomic mass is 10.2.